The van der Waals surface area contributed by atoms with Gasteiger partial charge in [-0.2, -0.15) is 13.2 Å². The van der Waals surface area contributed by atoms with Gasteiger partial charge in [0.2, 0.25) is 5.88 Å². The molecule has 0 unspecified atom stereocenters. The minimum atomic E-state index is -4.60. The van der Waals surface area contributed by atoms with Crippen molar-refractivity contribution in [3.8, 4) is 17.3 Å². The maximum Gasteiger partial charge on any atom is 0.434 e. The highest BCUT2D eigenvalue weighted by Crippen LogP contribution is 2.27. The summed E-state index contributed by atoms with van der Waals surface area (Å²) in [5, 5.41) is 0. The first-order valence-electron chi connectivity index (χ1n) is 9.60. The number of hydrogen-bond donors (Lipinski definition) is 0. The third-order valence-electron chi connectivity index (χ3n) is 4.54. The van der Waals surface area contributed by atoms with Crippen LogP contribution in [-0.2, 0) is 6.18 Å². The van der Waals surface area contributed by atoms with Crippen LogP contribution in [0.5, 0.6) is 5.88 Å². The van der Waals surface area contributed by atoms with Gasteiger partial charge in [-0.3, -0.25) is 4.79 Å². The molecule has 2 aromatic heterocycles. The molecule has 3 aromatic rings. The van der Waals surface area contributed by atoms with Gasteiger partial charge in [-0.05, 0) is 38.1 Å². The number of hydrogen-bond acceptors (Lipinski definition) is 6. The van der Waals surface area contributed by atoms with E-state index < -0.39 is 29.6 Å². The predicted molar refractivity (Wildman–Crippen MR) is 106 cm³/mol. The Labute approximate surface area is 181 Å². The summed E-state index contributed by atoms with van der Waals surface area (Å²) < 4.78 is 57.1. The van der Waals surface area contributed by atoms with Gasteiger partial charge in [-0.1, -0.05) is 0 Å². The van der Waals surface area contributed by atoms with Gasteiger partial charge in [0.1, 0.15) is 12.4 Å². The smallest absolute Gasteiger partial charge is 0.434 e. The van der Waals surface area contributed by atoms with Crippen LogP contribution in [0.4, 0.5) is 17.6 Å². The minimum Gasteiger partial charge on any atom is -0.474 e. The molecular weight excluding hydrogens is 430 g/mol. The first kappa shape index (κ1) is 23.0. The van der Waals surface area contributed by atoms with E-state index >= 15 is 0 Å². The molecule has 1 amide bonds. The highest BCUT2D eigenvalue weighted by Gasteiger charge is 2.33. The molecule has 32 heavy (non-hydrogen) atoms. The number of benzene rings is 1. The average molecular weight is 449 g/mol. The van der Waals surface area contributed by atoms with Crippen molar-refractivity contribution in [1.82, 2.24) is 24.8 Å². The van der Waals surface area contributed by atoms with E-state index in [0.717, 1.165) is 6.20 Å². The molecule has 3 rings (SSSR count). The van der Waals surface area contributed by atoms with Crippen LogP contribution in [-0.4, -0.2) is 49.9 Å². The Hall–Kier alpha value is -3.63. The zero-order valence-electron chi connectivity index (χ0n) is 17.2. The Kier molecular flexibility index (Phi) is 6.96. The van der Waals surface area contributed by atoms with Crippen LogP contribution in [0.15, 0.2) is 49.1 Å². The average Bonchev–Trinajstić information content (AvgIpc) is 2.78. The molecule has 0 bridgehead atoms. The molecule has 0 aliphatic rings. The number of aromatic nitrogens is 4. The summed E-state index contributed by atoms with van der Waals surface area (Å²) >= 11 is 0. The first-order chi connectivity index (χ1) is 15.2. The Morgan fingerprint density at radius 1 is 1.12 bits per heavy atom. The maximum atomic E-state index is 13.9. The van der Waals surface area contributed by atoms with Gasteiger partial charge in [-0.15, -0.1) is 0 Å². The lowest BCUT2D eigenvalue weighted by Crippen LogP contribution is -2.42. The van der Waals surface area contributed by atoms with Crippen molar-refractivity contribution in [3.05, 3.63) is 66.1 Å². The van der Waals surface area contributed by atoms with Gasteiger partial charge in [-0.25, -0.2) is 24.3 Å². The van der Waals surface area contributed by atoms with Crippen molar-refractivity contribution in [2.24, 2.45) is 0 Å². The second kappa shape index (κ2) is 9.67. The van der Waals surface area contributed by atoms with Crippen molar-refractivity contribution in [1.29, 1.82) is 0 Å². The number of ether oxygens (including phenoxy) is 1. The zero-order valence-corrected chi connectivity index (χ0v) is 17.2. The maximum absolute atomic E-state index is 13.9. The third kappa shape index (κ3) is 5.34. The predicted octanol–water partition coefficient (Wildman–Crippen LogP) is 4.02. The molecular formula is C21H19F4N5O2. The van der Waals surface area contributed by atoms with Crippen molar-refractivity contribution in [3.63, 3.8) is 0 Å². The van der Waals surface area contributed by atoms with Crippen molar-refractivity contribution in [2.45, 2.75) is 26.1 Å². The molecule has 168 valence electrons. The van der Waals surface area contributed by atoms with Crippen LogP contribution in [0.3, 0.4) is 0 Å². The monoisotopic (exact) mass is 449 g/mol. The van der Waals surface area contributed by atoms with Gasteiger partial charge >= 0.3 is 6.18 Å². The number of carbonyl (C=O) groups is 1. The summed E-state index contributed by atoms with van der Waals surface area (Å²) in [6.07, 6.45) is -0.174. The standard InChI is InChI=1S/C21H19F4N5O2/c1-3-30(13(2)12-32-18-11-28-17(10-29-18)21(23,24)25)20(31)15-6-5-14(22)9-16(15)19-26-7-4-8-27-19/h4-11,13H,3,12H2,1-2H3/t13-/m0/s1. The summed E-state index contributed by atoms with van der Waals surface area (Å²) in [6, 6.07) is 4.85. The SMILES string of the molecule is CCN(C(=O)c1ccc(F)cc1-c1ncccn1)[C@@H](C)COc1cnc(C(F)(F)F)cn1. The molecule has 1 aromatic carbocycles. The lowest BCUT2D eigenvalue weighted by Gasteiger charge is -2.28. The fraction of sp³-hybridized carbons (Fsp3) is 0.286. The summed E-state index contributed by atoms with van der Waals surface area (Å²) in [6.45, 7) is 3.72. The fourth-order valence-corrected chi connectivity index (χ4v) is 2.97. The van der Waals surface area contributed by atoms with Crippen molar-refractivity contribution >= 4 is 5.91 Å². The van der Waals surface area contributed by atoms with E-state index in [1.54, 1.807) is 19.9 Å². The highest BCUT2D eigenvalue weighted by molar-refractivity contribution is 6.00. The van der Waals surface area contributed by atoms with Gasteiger partial charge in [0.05, 0.1) is 24.0 Å². The molecule has 2 heterocycles. The van der Waals surface area contributed by atoms with E-state index in [4.69, 9.17) is 4.74 Å². The van der Waals surface area contributed by atoms with Crippen LogP contribution in [0.2, 0.25) is 0 Å². The zero-order chi connectivity index (χ0) is 23.3. The first-order valence-corrected chi connectivity index (χ1v) is 9.60. The van der Waals surface area contributed by atoms with Gasteiger partial charge in [0.15, 0.2) is 11.5 Å². The van der Waals surface area contributed by atoms with Crippen LogP contribution < -0.4 is 4.74 Å². The number of nitrogens with zero attached hydrogens (tertiary/aromatic N) is 5. The van der Waals surface area contributed by atoms with E-state index in [-0.39, 0.29) is 29.4 Å². The number of alkyl halides is 3. The van der Waals surface area contributed by atoms with E-state index in [9.17, 15) is 22.4 Å². The van der Waals surface area contributed by atoms with E-state index in [0.29, 0.717) is 12.7 Å². The number of rotatable bonds is 7. The molecule has 0 fully saturated rings. The number of halogens is 4. The lowest BCUT2D eigenvalue weighted by atomic mass is 10.0. The van der Waals surface area contributed by atoms with Crippen LogP contribution in [0.1, 0.15) is 29.9 Å². The summed E-state index contributed by atoms with van der Waals surface area (Å²) in [4.78, 5) is 29.8. The second-order valence-electron chi connectivity index (χ2n) is 6.75. The van der Waals surface area contributed by atoms with Crippen LogP contribution in [0.25, 0.3) is 11.4 Å². The van der Waals surface area contributed by atoms with Crippen LogP contribution >= 0.6 is 0 Å². The molecule has 0 saturated carbocycles. The summed E-state index contributed by atoms with van der Waals surface area (Å²) in [7, 11) is 0. The molecule has 0 aliphatic heterocycles. The Morgan fingerprint density at radius 3 is 2.44 bits per heavy atom. The normalized spacial score (nSPS) is 12.3. The molecule has 7 nitrogen and oxygen atoms in total. The highest BCUT2D eigenvalue weighted by atomic mass is 19.4. The molecule has 0 aliphatic carbocycles. The lowest BCUT2D eigenvalue weighted by molar-refractivity contribution is -0.141. The van der Waals surface area contributed by atoms with E-state index in [2.05, 4.69) is 19.9 Å². The van der Waals surface area contributed by atoms with Crippen molar-refractivity contribution < 1.29 is 27.1 Å². The quantitative estimate of drug-likeness (QED) is 0.507. The van der Waals surface area contributed by atoms with Gasteiger partial charge in [0, 0.05) is 24.5 Å². The largest absolute Gasteiger partial charge is 0.474 e. The fourth-order valence-electron chi connectivity index (χ4n) is 2.97. The van der Waals surface area contributed by atoms with E-state index in [1.807, 2.05) is 0 Å². The third-order valence-corrected chi connectivity index (χ3v) is 4.54. The van der Waals surface area contributed by atoms with E-state index in [1.165, 1.54) is 35.5 Å². The summed E-state index contributed by atoms with van der Waals surface area (Å²) in [5.74, 6) is -0.835. The molecule has 0 saturated heterocycles. The Morgan fingerprint density at radius 2 is 1.84 bits per heavy atom. The Balaban J connectivity index is 1.76. The molecule has 0 N–H and O–H groups in total. The number of amides is 1. The number of carbonyl (C=O) groups excluding carboxylic acids is 1. The summed E-state index contributed by atoms with van der Waals surface area (Å²) in [5.41, 5.74) is -0.674. The second-order valence-corrected chi connectivity index (χ2v) is 6.75. The minimum absolute atomic E-state index is 0.0437. The molecule has 1 atom stereocenters. The Bertz CT molecular complexity index is 1060. The van der Waals surface area contributed by atoms with Gasteiger partial charge < -0.3 is 9.64 Å². The topological polar surface area (TPSA) is 81.1 Å². The molecule has 0 spiro atoms. The molecule has 11 heteroatoms. The molecule has 0 radical (unpaired) electrons. The number of likely N-dealkylation sites (N-methyl/N-ethyl adjacent to an activating group) is 1. The van der Waals surface area contributed by atoms with Crippen LogP contribution in [0, 0.1) is 5.82 Å². The van der Waals surface area contributed by atoms with Gasteiger partial charge in [0.25, 0.3) is 5.91 Å². The van der Waals surface area contributed by atoms with Crippen molar-refractivity contribution in [2.75, 3.05) is 13.2 Å².